The maximum Gasteiger partial charge on any atom is 0.410 e. The summed E-state index contributed by atoms with van der Waals surface area (Å²) in [5, 5.41) is 0. The number of aryl methyl sites for hydroxylation is 1. The highest BCUT2D eigenvalue weighted by molar-refractivity contribution is 5.72. The predicted octanol–water partition coefficient (Wildman–Crippen LogP) is 7.09. The lowest BCUT2D eigenvalue weighted by Crippen LogP contribution is -2.48. The van der Waals surface area contributed by atoms with E-state index < -0.39 is 5.60 Å². The van der Waals surface area contributed by atoms with Crippen LogP contribution in [0.4, 0.5) is 10.5 Å². The molecule has 4 rings (SSSR count). The number of likely N-dealkylation sites (tertiary alicyclic amines) is 1. The number of carbonyl (C=O) groups is 1. The molecule has 1 amide bonds. The van der Waals surface area contributed by atoms with Gasteiger partial charge < -0.3 is 28.7 Å². The summed E-state index contributed by atoms with van der Waals surface area (Å²) >= 11 is 0. The molecule has 1 aliphatic heterocycles. The zero-order valence-electron chi connectivity index (χ0n) is 24.8. The molecule has 3 aromatic carbocycles. The van der Waals surface area contributed by atoms with Gasteiger partial charge >= 0.3 is 6.09 Å². The van der Waals surface area contributed by atoms with Crippen LogP contribution >= 0.6 is 0 Å². The molecule has 3 aromatic rings. The Balaban J connectivity index is 1.59. The third kappa shape index (κ3) is 7.00. The minimum atomic E-state index is -0.495. The largest absolute Gasteiger partial charge is 0.493 e. The van der Waals surface area contributed by atoms with Crippen molar-refractivity contribution in [2.24, 2.45) is 0 Å². The molecule has 214 valence electrons. The third-order valence-electron chi connectivity index (χ3n) is 7.20. The molecule has 0 saturated carbocycles. The van der Waals surface area contributed by atoms with Gasteiger partial charge in [-0.25, -0.2) is 4.79 Å². The summed E-state index contributed by atoms with van der Waals surface area (Å²) < 4.78 is 22.3. The van der Waals surface area contributed by atoms with Crippen LogP contribution in [0.15, 0.2) is 60.7 Å². The second-order valence-electron chi connectivity index (χ2n) is 11.3. The van der Waals surface area contributed by atoms with Crippen LogP contribution in [0.3, 0.4) is 0 Å². The van der Waals surface area contributed by atoms with Crippen molar-refractivity contribution in [2.75, 3.05) is 39.3 Å². The summed E-state index contributed by atoms with van der Waals surface area (Å²) in [6, 6.07) is 21.5. The summed E-state index contributed by atoms with van der Waals surface area (Å²) in [6.07, 6.45) is 1.52. The number of methoxy groups -OCH3 is 3. The number of carbonyl (C=O) groups excluding carboxylic acids is 1. The van der Waals surface area contributed by atoms with Crippen molar-refractivity contribution in [2.45, 2.75) is 58.7 Å². The number of anilines is 1. The fourth-order valence-corrected chi connectivity index (χ4v) is 5.15. The molecule has 40 heavy (non-hydrogen) atoms. The average molecular weight is 547 g/mol. The molecule has 0 radical (unpaired) electrons. The summed E-state index contributed by atoms with van der Waals surface area (Å²) in [6.45, 7) is 9.92. The normalized spacial score (nSPS) is 14.0. The van der Waals surface area contributed by atoms with Crippen LogP contribution in [0.1, 0.15) is 44.7 Å². The lowest BCUT2D eigenvalue weighted by atomic mass is 9.99. The van der Waals surface area contributed by atoms with E-state index in [1.165, 1.54) is 16.8 Å². The van der Waals surface area contributed by atoms with Crippen LogP contribution in [0.2, 0.25) is 0 Å². The van der Waals surface area contributed by atoms with Crippen molar-refractivity contribution >= 4 is 11.8 Å². The lowest BCUT2D eigenvalue weighted by Gasteiger charge is -2.40. The van der Waals surface area contributed by atoms with Crippen LogP contribution in [0.5, 0.6) is 17.2 Å². The number of piperidine rings is 1. The molecular formula is C33H42N2O5. The number of hydrogen-bond acceptors (Lipinski definition) is 6. The molecule has 1 saturated heterocycles. The molecule has 1 aliphatic rings. The van der Waals surface area contributed by atoms with E-state index >= 15 is 0 Å². The number of benzene rings is 3. The molecule has 7 heteroatoms. The van der Waals surface area contributed by atoms with Crippen LogP contribution in [0, 0.1) is 6.92 Å². The highest BCUT2D eigenvalue weighted by Gasteiger charge is 2.30. The van der Waals surface area contributed by atoms with Gasteiger partial charge in [-0.15, -0.1) is 0 Å². The molecule has 0 spiro atoms. The van der Waals surface area contributed by atoms with Crippen molar-refractivity contribution in [3.8, 4) is 28.4 Å². The Morgan fingerprint density at radius 1 is 0.875 bits per heavy atom. The maximum absolute atomic E-state index is 12.7. The Morgan fingerprint density at radius 3 is 2.05 bits per heavy atom. The van der Waals surface area contributed by atoms with Gasteiger partial charge in [0.25, 0.3) is 0 Å². The van der Waals surface area contributed by atoms with E-state index in [9.17, 15) is 4.79 Å². The van der Waals surface area contributed by atoms with Crippen LogP contribution in [-0.2, 0) is 11.3 Å². The van der Waals surface area contributed by atoms with Gasteiger partial charge in [0.15, 0.2) is 11.5 Å². The first-order valence-corrected chi connectivity index (χ1v) is 13.8. The summed E-state index contributed by atoms with van der Waals surface area (Å²) in [5.74, 6) is 1.83. The van der Waals surface area contributed by atoms with Gasteiger partial charge in [0, 0.05) is 31.4 Å². The number of hydrogen-bond donors (Lipinski definition) is 0. The molecule has 7 nitrogen and oxygen atoms in total. The zero-order valence-corrected chi connectivity index (χ0v) is 24.8. The summed E-state index contributed by atoms with van der Waals surface area (Å²) in [4.78, 5) is 17.0. The number of nitrogens with zero attached hydrogens (tertiary/aromatic N) is 2. The minimum Gasteiger partial charge on any atom is -0.493 e. The first-order chi connectivity index (χ1) is 19.1. The van der Waals surface area contributed by atoms with Gasteiger partial charge in [0.05, 0.1) is 21.3 Å². The molecule has 0 unspecified atom stereocenters. The van der Waals surface area contributed by atoms with Gasteiger partial charge in [-0.3, -0.25) is 0 Å². The van der Waals surface area contributed by atoms with E-state index in [1.54, 1.807) is 21.3 Å². The first kappa shape index (κ1) is 29.1. The highest BCUT2D eigenvalue weighted by Crippen LogP contribution is 2.41. The molecular weight excluding hydrogens is 504 g/mol. The van der Waals surface area contributed by atoms with Gasteiger partial charge in [0.1, 0.15) is 5.60 Å². The van der Waals surface area contributed by atoms with Gasteiger partial charge in [-0.05, 0) is 87.6 Å². The molecule has 1 heterocycles. The van der Waals surface area contributed by atoms with Crippen molar-refractivity contribution in [1.82, 2.24) is 4.90 Å². The average Bonchev–Trinajstić information content (AvgIpc) is 2.95. The van der Waals surface area contributed by atoms with Crippen molar-refractivity contribution in [3.05, 3.63) is 71.8 Å². The van der Waals surface area contributed by atoms with E-state index in [0.717, 1.165) is 30.5 Å². The summed E-state index contributed by atoms with van der Waals surface area (Å²) in [7, 11) is 4.87. The fraction of sp³-hybridized carbons (Fsp3) is 0.424. The molecule has 0 atom stereocenters. The van der Waals surface area contributed by atoms with Gasteiger partial charge in [0.2, 0.25) is 5.75 Å². The zero-order chi connectivity index (χ0) is 28.9. The van der Waals surface area contributed by atoms with E-state index in [1.807, 2.05) is 37.8 Å². The molecule has 0 aromatic heterocycles. The number of ether oxygens (including phenoxy) is 4. The van der Waals surface area contributed by atoms with E-state index in [4.69, 9.17) is 18.9 Å². The van der Waals surface area contributed by atoms with Gasteiger partial charge in [-0.2, -0.15) is 0 Å². The second kappa shape index (κ2) is 12.5. The van der Waals surface area contributed by atoms with Gasteiger partial charge in [-0.1, -0.05) is 35.9 Å². The van der Waals surface area contributed by atoms with Crippen LogP contribution < -0.4 is 19.1 Å². The number of rotatable bonds is 8. The Bertz CT molecular complexity index is 1270. The van der Waals surface area contributed by atoms with E-state index in [-0.39, 0.29) is 6.09 Å². The summed E-state index contributed by atoms with van der Waals surface area (Å²) in [5.41, 5.74) is 5.17. The quantitative estimate of drug-likeness (QED) is 0.301. The molecule has 0 bridgehead atoms. The Labute approximate surface area is 238 Å². The topological polar surface area (TPSA) is 60.5 Å². The van der Waals surface area contributed by atoms with Crippen molar-refractivity contribution in [1.29, 1.82) is 0 Å². The van der Waals surface area contributed by atoms with E-state index in [0.29, 0.717) is 36.4 Å². The lowest BCUT2D eigenvalue weighted by molar-refractivity contribution is 0.0204. The van der Waals surface area contributed by atoms with Crippen molar-refractivity contribution < 1.29 is 23.7 Å². The Kier molecular flexibility index (Phi) is 9.13. The molecule has 0 aliphatic carbocycles. The van der Waals surface area contributed by atoms with Crippen molar-refractivity contribution in [3.63, 3.8) is 0 Å². The standard InChI is InChI=1S/C33H42N2O5/c1-23-11-13-27(14-12-23)35(28-15-17-34(18-16-28)32(36)40-33(2,3)4)22-24-9-8-10-25(19-24)26-20-29(37-5)31(39-7)30(21-26)38-6/h8-14,19-21,28H,15-18,22H2,1-7H3. The molecule has 1 fully saturated rings. The SMILES string of the molecule is COc1cc(-c2cccc(CN(c3ccc(C)cc3)C3CCN(C(=O)OC(C)(C)C)CC3)c2)cc(OC)c1OC. The molecule has 0 N–H and O–H groups in total. The first-order valence-electron chi connectivity index (χ1n) is 13.8. The maximum atomic E-state index is 12.7. The highest BCUT2D eigenvalue weighted by atomic mass is 16.6. The Hall–Kier alpha value is -3.87. The van der Waals surface area contributed by atoms with E-state index in [2.05, 4.69) is 60.4 Å². The van der Waals surface area contributed by atoms with Crippen LogP contribution in [-0.4, -0.2) is 57.1 Å². The second-order valence-corrected chi connectivity index (χ2v) is 11.3. The predicted molar refractivity (Wildman–Crippen MR) is 160 cm³/mol. The number of amides is 1. The minimum absolute atomic E-state index is 0.231. The Morgan fingerprint density at radius 2 is 1.50 bits per heavy atom. The third-order valence-corrected chi connectivity index (χ3v) is 7.20. The monoisotopic (exact) mass is 546 g/mol. The smallest absolute Gasteiger partial charge is 0.410 e. The fourth-order valence-electron chi connectivity index (χ4n) is 5.15. The van der Waals surface area contributed by atoms with Crippen LogP contribution in [0.25, 0.3) is 11.1 Å².